The van der Waals surface area contributed by atoms with E-state index in [1.54, 1.807) is 0 Å². The smallest absolute Gasteiger partial charge is 0.201 e. The van der Waals surface area contributed by atoms with Gasteiger partial charge in [0.05, 0.1) is 6.61 Å². The highest BCUT2D eigenvalue weighted by atomic mass is 35.5. The van der Waals surface area contributed by atoms with E-state index in [0.29, 0.717) is 10.6 Å². The number of hydrogen-bond acceptors (Lipinski definition) is 2. The van der Waals surface area contributed by atoms with Crippen molar-refractivity contribution >= 4 is 11.6 Å². The number of aliphatic hydroxyl groups is 1. The second-order valence-electron chi connectivity index (χ2n) is 3.56. The fourth-order valence-corrected chi connectivity index (χ4v) is 1.65. The molecule has 5 heteroatoms. The lowest BCUT2D eigenvalue weighted by molar-refractivity contribution is 0.275. The summed E-state index contributed by atoms with van der Waals surface area (Å²) in [5, 5.41) is 9.56. The highest BCUT2D eigenvalue weighted by Gasteiger charge is 2.12. The lowest BCUT2D eigenvalue weighted by Crippen LogP contribution is -1.95. The predicted octanol–water partition coefficient (Wildman–Crippen LogP) is 3.90. The highest BCUT2D eigenvalue weighted by molar-refractivity contribution is 6.30. The van der Waals surface area contributed by atoms with E-state index in [1.165, 1.54) is 30.3 Å². The van der Waals surface area contributed by atoms with Crippen molar-refractivity contribution < 1.29 is 18.6 Å². The minimum Gasteiger partial charge on any atom is -0.454 e. The van der Waals surface area contributed by atoms with Gasteiger partial charge in [-0.25, -0.2) is 4.39 Å². The molecule has 0 heterocycles. The summed E-state index contributed by atoms with van der Waals surface area (Å²) in [6.45, 7) is -0.313. The summed E-state index contributed by atoms with van der Waals surface area (Å²) >= 11 is 5.75. The van der Waals surface area contributed by atoms with Crippen molar-refractivity contribution in [1.82, 2.24) is 0 Å². The van der Waals surface area contributed by atoms with Crippen molar-refractivity contribution in [2.45, 2.75) is 6.61 Å². The fraction of sp³-hybridized carbons (Fsp3) is 0.0769. The molecule has 0 spiro atoms. The molecule has 0 atom stereocenters. The maximum Gasteiger partial charge on any atom is 0.201 e. The van der Waals surface area contributed by atoms with Crippen LogP contribution in [0.15, 0.2) is 36.4 Å². The molecule has 0 unspecified atom stereocenters. The van der Waals surface area contributed by atoms with Crippen LogP contribution in [0.4, 0.5) is 8.78 Å². The average Bonchev–Trinajstić information content (AvgIpc) is 2.37. The van der Waals surface area contributed by atoms with E-state index in [2.05, 4.69) is 0 Å². The zero-order chi connectivity index (χ0) is 13.1. The monoisotopic (exact) mass is 270 g/mol. The van der Waals surface area contributed by atoms with Crippen LogP contribution in [0.2, 0.25) is 5.02 Å². The molecule has 94 valence electrons. The van der Waals surface area contributed by atoms with Gasteiger partial charge in [-0.05, 0) is 30.3 Å². The molecular weight excluding hydrogens is 262 g/mol. The molecule has 2 aromatic carbocycles. The maximum absolute atomic E-state index is 13.4. The maximum atomic E-state index is 13.4. The minimum absolute atomic E-state index is 0.228. The van der Waals surface area contributed by atoms with E-state index in [9.17, 15) is 8.78 Å². The third-order valence-corrected chi connectivity index (χ3v) is 2.56. The second kappa shape index (κ2) is 5.33. The number of halogens is 3. The summed E-state index contributed by atoms with van der Waals surface area (Å²) in [7, 11) is 0. The topological polar surface area (TPSA) is 29.5 Å². The summed E-state index contributed by atoms with van der Waals surface area (Å²) in [5.74, 6) is -2.08. The minimum atomic E-state index is -1.07. The molecule has 0 radical (unpaired) electrons. The van der Waals surface area contributed by atoms with Gasteiger partial charge in [0.25, 0.3) is 0 Å². The number of rotatable bonds is 3. The summed E-state index contributed by atoms with van der Waals surface area (Å²) in [5.41, 5.74) is 0.395. The molecule has 0 aliphatic rings. The molecule has 0 saturated carbocycles. The van der Waals surface area contributed by atoms with E-state index in [4.69, 9.17) is 21.4 Å². The molecule has 18 heavy (non-hydrogen) atoms. The van der Waals surface area contributed by atoms with Crippen LogP contribution in [0.1, 0.15) is 5.56 Å². The Bertz CT molecular complexity index is 573. The Morgan fingerprint density at radius 2 is 1.89 bits per heavy atom. The van der Waals surface area contributed by atoms with Gasteiger partial charge < -0.3 is 9.84 Å². The van der Waals surface area contributed by atoms with Gasteiger partial charge in [-0.1, -0.05) is 17.7 Å². The van der Waals surface area contributed by atoms with Gasteiger partial charge in [-0.15, -0.1) is 0 Å². The van der Waals surface area contributed by atoms with E-state index in [1.807, 2.05) is 0 Å². The van der Waals surface area contributed by atoms with Crippen LogP contribution >= 0.6 is 11.6 Å². The Morgan fingerprint density at radius 1 is 1.11 bits per heavy atom. The Balaban J connectivity index is 2.37. The van der Waals surface area contributed by atoms with Gasteiger partial charge in [0.2, 0.25) is 5.82 Å². The lowest BCUT2D eigenvalue weighted by Gasteiger charge is -2.10. The normalized spacial score (nSPS) is 10.4. The van der Waals surface area contributed by atoms with Crippen molar-refractivity contribution in [3.63, 3.8) is 0 Å². The van der Waals surface area contributed by atoms with E-state index in [0.717, 1.165) is 6.07 Å². The van der Waals surface area contributed by atoms with E-state index >= 15 is 0 Å². The predicted molar refractivity (Wildman–Crippen MR) is 63.8 cm³/mol. The van der Waals surface area contributed by atoms with Crippen LogP contribution in [0.3, 0.4) is 0 Å². The average molecular weight is 271 g/mol. The van der Waals surface area contributed by atoms with Gasteiger partial charge in [0.15, 0.2) is 11.6 Å². The molecule has 0 saturated heterocycles. The van der Waals surface area contributed by atoms with E-state index in [-0.39, 0.29) is 18.1 Å². The van der Waals surface area contributed by atoms with Crippen molar-refractivity contribution in [2.75, 3.05) is 0 Å². The number of hydrogen-bond donors (Lipinski definition) is 1. The van der Waals surface area contributed by atoms with Gasteiger partial charge in [-0.3, -0.25) is 0 Å². The molecule has 2 aromatic rings. The van der Waals surface area contributed by atoms with Crippen LogP contribution in [0.25, 0.3) is 0 Å². The first-order chi connectivity index (χ1) is 8.61. The summed E-state index contributed by atoms with van der Waals surface area (Å²) in [6.07, 6.45) is 0. The van der Waals surface area contributed by atoms with Crippen molar-refractivity contribution in [3.8, 4) is 11.5 Å². The summed E-state index contributed by atoms with van der Waals surface area (Å²) in [6, 6.07) is 8.15. The number of aliphatic hydroxyl groups excluding tert-OH is 1. The molecule has 0 amide bonds. The number of benzene rings is 2. The fourth-order valence-electron chi connectivity index (χ4n) is 1.45. The van der Waals surface area contributed by atoms with Crippen LogP contribution < -0.4 is 4.74 Å². The molecular formula is C13H9ClF2O2. The van der Waals surface area contributed by atoms with Gasteiger partial charge in [-0.2, -0.15) is 4.39 Å². The van der Waals surface area contributed by atoms with Crippen LogP contribution in [0.5, 0.6) is 11.5 Å². The standard InChI is InChI=1S/C13H9ClF2O2/c14-9-4-5-11(8(6-9)7-17)18-12-3-1-2-10(15)13(12)16/h1-6,17H,7H2. The first-order valence-electron chi connectivity index (χ1n) is 5.13. The Kier molecular flexibility index (Phi) is 3.79. The number of ether oxygens (including phenoxy) is 1. The van der Waals surface area contributed by atoms with Gasteiger partial charge >= 0.3 is 0 Å². The molecule has 0 aliphatic carbocycles. The molecule has 0 aliphatic heterocycles. The van der Waals surface area contributed by atoms with Gasteiger partial charge in [0.1, 0.15) is 5.75 Å². The Labute approximate surface area is 107 Å². The molecule has 0 bridgehead atoms. The largest absolute Gasteiger partial charge is 0.454 e. The quantitative estimate of drug-likeness (QED) is 0.916. The third-order valence-electron chi connectivity index (χ3n) is 2.33. The first kappa shape index (κ1) is 12.8. The van der Waals surface area contributed by atoms with Crippen LogP contribution in [-0.4, -0.2) is 5.11 Å². The molecule has 2 rings (SSSR count). The van der Waals surface area contributed by atoms with Crippen molar-refractivity contribution in [1.29, 1.82) is 0 Å². The molecule has 2 nitrogen and oxygen atoms in total. The zero-order valence-corrected chi connectivity index (χ0v) is 9.92. The van der Waals surface area contributed by atoms with E-state index < -0.39 is 11.6 Å². The molecule has 0 aromatic heterocycles. The lowest BCUT2D eigenvalue weighted by atomic mass is 10.2. The van der Waals surface area contributed by atoms with Gasteiger partial charge in [0, 0.05) is 10.6 Å². The zero-order valence-electron chi connectivity index (χ0n) is 9.16. The Hall–Kier alpha value is -1.65. The second-order valence-corrected chi connectivity index (χ2v) is 4.00. The van der Waals surface area contributed by atoms with Crippen LogP contribution in [-0.2, 0) is 6.61 Å². The Morgan fingerprint density at radius 3 is 2.61 bits per heavy atom. The summed E-state index contributed by atoms with van der Waals surface area (Å²) in [4.78, 5) is 0. The highest BCUT2D eigenvalue weighted by Crippen LogP contribution is 2.30. The summed E-state index contributed by atoms with van der Waals surface area (Å²) < 4.78 is 31.7. The third kappa shape index (κ3) is 2.60. The molecule has 1 N–H and O–H groups in total. The van der Waals surface area contributed by atoms with Crippen molar-refractivity contribution in [2.24, 2.45) is 0 Å². The van der Waals surface area contributed by atoms with Crippen LogP contribution in [0, 0.1) is 11.6 Å². The first-order valence-corrected chi connectivity index (χ1v) is 5.50. The SMILES string of the molecule is OCc1cc(Cl)ccc1Oc1cccc(F)c1F. The molecule has 0 fully saturated rings. The van der Waals surface area contributed by atoms with Crippen molar-refractivity contribution in [3.05, 3.63) is 58.6 Å².